The highest BCUT2D eigenvalue weighted by atomic mass is 79.9. The van der Waals surface area contributed by atoms with Gasteiger partial charge in [0.1, 0.15) is 5.82 Å². The van der Waals surface area contributed by atoms with E-state index in [9.17, 15) is 0 Å². The molecule has 1 fully saturated rings. The van der Waals surface area contributed by atoms with Crippen LogP contribution in [0.1, 0.15) is 26.2 Å². The number of nitrogens with two attached hydrogens (primary N) is 1. The number of nitrogen functional groups attached to an aromatic ring is 1. The molecule has 1 aromatic rings. The molecule has 1 aliphatic heterocycles. The van der Waals surface area contributed by atoms with Gasteiger partial charge in [0, 0.05) is 19.7 Å². The van der Waals surface area contributed by atoms with Gasteiger partial charge in [0.15, 0.2) is 0 Å². The van der Waals surface area contributed by atoms with E-state index < -0.39 is 0 Å². The monoisotopic (exact) mass is 313 g/mol. The van der Waals surface area contributed by atoms with Gasteiger partial charge >= 0.3 is 0 Å². The molecule has 2 heterocycles. The van der Waals surface area contributed by atoms with Crippen LogP contribution >= 0.6 is 15.9 Å². The summed E-state index contributed by atoms with van der Waals surface area (Å²) in [5.41, 5.74) is 6.40. The van der Waals surface area contributed by atoms with E-state index in [4.69, 9.17) is 10.5 Å². The molecule has 1 saturated heterocycles. The van der Waals surface area contributed by atoms with Crippen LogP contribution in [0.4, 0.5) is 11.5 Å². The smallest absolute Gasteiger partial charge is 0.143 e. The molecule has 0 bridgehead atoms. The zero-order valence-corrected chi connectivity index (χ0v) is 12.3. The van der Waals surface area contributed by atoms with Crippen LogP contribution in [0, 0.1) is 0 Å². The van der Waals surface area contributed by atoms with Crippen LogP contribution in [-0.4, -0.2) is 30.8 Å². The van der Waals surface area contributed by atoms with Crippen LogP contribution in [0.25, 0.3) is 0 Å². The van der Waals surface area contributed by atoms with Gasteiger partial charge in [-0.15, -0.1) is 0 Å². The molecule has 1 aliphatic rings. The van der Waals surface area contributed by atoms with Crippen molar-refractivity contribution in [1.82, 2.24) is 4.98 Å². The van der Waals surface area contributed by atoms with E-state index in [1.165, 1.54) is 0 Å². The van der Waals surface area contributed by atoms with E-state index >= 15 is 0 Å². The van der Waals surface area contributed by atoms with E-state index in [0.717, 1.165) is 49.2 Å². The molecule has 1 aromatic heterocycles. The molecule has 100 valence electrons. The third-order valence-corrected chi connectivity index (χ3v) is 3.66. The molecular weight excluding hydrogens is 294 g/mol. The van der Waals surface area contributed by atoms with Gasteiger partial charge in [-0.2, -0.15) is 0 Å². The second-order valence-corrected chi connectivity index (χ2v) is 5.51. The van der Waals surface area contributed by atoms with Crippen LogP contribution in [-0.2, 0) is 4.74 Å². The number of pyridine rings is 1. The Morgan fingerprint density at radius 3 is 3.17 bits per heavy atom. The highest BCUT2D eigenvalue weighted by Crippen LogP contribution is 2.28. The summed E-state index contributed by atoms with van der Waals surface area (Å²) in [6, 6.07) is 1.90. The number of hydrogen-bond acceptors (Lipinski definition) is 4. The van der Waals surface area contributed by atoms with Gasteiger partial charge in [-0.05, 0) is 41.3 Å². The zero-order chi connectivity index (χ0) is 13.0. The van der Waals surface area contributed by atoms with Crippen molar-refractivity contribution < 1.29 is 4.74 Å². The van der Waals surface area contributed by atoms with Gasteiger partial charge in [-0.3, -0.25) is 0 Å². The van der Waals surface area contributed by atoms with Gasteiger partial charge in [0.05, 0.1) is 22.5 Å². The summed E-state index contributed by atoms with van der Waals surface area (Å²) >= 11 is 3.53. The summed E-state index contributed by atoms with van der Waals surface area (Å²) < 4.78 is 6.80. The topological polar surface area (TPSA) is 51.4 Å². The van der Waals surface area contributed by atoms with Gasteiger partial charge in [0.25, 0.3) is 0 Å². The highest BCUT2D eigenvalue weighted by Gasteiger charge is 2.22. The number of anilines is 2. The first kappa shape index (κ1) is 13.6. The van der Waals surface area contributed by atoms with Crippen molar-refractivity contribution in [2.45, 2.75) is 32.3 Å². The van der Waals surface area contributed by atoms with E-state index in [1.54, 1.807) is 6.20 Å². The lowest BCUT2D eigenvalue weighted by Gasteiger charge is -2.34. The van der Waals surface area contributed by atoms with E-state index in [1.807, 2.05) is 6.07 Å². The van der Waals surface area contributed by atoms with E-state index in [2.05, 4.69) is 32.7 Å². The van der Waals surface area contributed by atoms with Crippen LogP contribution in [0.5, 0.6) is 0 Å². The number of hydrogen-bond donors (Lipinski definition) is 1. The van der Waals surface area contributed by atoms with Crippen molar-refractivity contribution in [3.05, 3.63) is 16.7 Å². The Bertz CT molecular complexity index is 400. The number of halogens is 1. The molecule has 0 radical (unpaired) electrons. The van der Waals surface area contributed by atoms with Crippen molar-refractivity contribution in [2.24, 2.45) is 0 Å². The van der Waals surface area contributed by atoms with Gasteiger partial charge < -0.3 is 15.4 Å². The molecule has 2 rings (SSSR count). The van der Waals surface area contributed by atoms with Crippen LogP contribution < -0.4 is 10.6 Å². The first-order valence-electron chi connectivity index (χ1n) is 6.48. The third-order valence-electron chi connectivity index (χ3n) is 3.08. The van der Waals surface area contributed by atoms with Crippen molar-refractivity contribution in [3.63, 3.8) is 0 Å². The number of ether oxygens (including phenoxy) is 1. The highest BCUT2D eigenvalue weighted by molar-refractivity contribution is 9.10. The fourth-order valence-corrected chi connectivity index (χ4v) is 2.85. The largest absolute Gasteiger partial charge is 0.397 e. The Morgan fingerprint density at radius 1 is 1.61 bits per heavy atom. The Hall–Kier alpha value is -0.810. The van der Waals surface area contributed by atoms with Crippen molar-refractivity contribution in [1.29, 1.82) is 0 Å². The van der Waals surface area contributed by atoms with Gasteiger partial charge in [0.2, 0.25) is 0 Å². The van der Waals surface area contributed by atoms with Crippen molar-refractivity contribution in [2.75, 3.05) is 30.3 Å². The van der Waals surface area contributed by atoms with Crippen LogP contribution in [0.2, 0.25) is 0 Å². The maximum absolute atomic E-state index is 5.84. The number of nitrogens with zero attached hydrogens (tertiary/aromatic N) is 2. The Morgan fingerprint density at radius 2 is 2.44 bits per heavy atom. The second kappa shape index (κ2) is 6.38. The molecule has 0 aliphatic carbocycles. The second-order valence-electron chi connectivity index (χ2n) is 4.66. The molecule has 0 saturated carbocycles. The molecular formula is C13H20BrN3O. The summed E-state index contributed by atoms with van der Waals surface area (Å²) in [6.45, 7) is 4.92. The SMILES string of the molecule is CCCOC1CCCN(c2ncc(N)cc2Br)C1. The van der Waals surface area contributed by atoms with Crippen molar-refractivity contribution >= 4 is 27.4 Å². The molecule has 4 nitrogen and oxygen atoms in total. The molecule has 0 aromatic carbocycles. The molecule has 1 atom stereocenters. The zero-order valence-electron chi connectivity index (χ0n) is 10.7. The molecule has 1 unspecified atom stereocenters. The number of aromatic nitrogens is 1. The first-order valence-corrected chi connectivity index (χ1v) is 7.27. The summed E-state index contributed by atoms with van der Waals surface area (Å²) in [6.07, 6.45) is 5.39. The van der Waals surface area contributed by atoms with Crippen LogP contribution in [0.3, 0.4) is 0 Å². The van der Waals surface area contributed by atoms with Gasteiger partial charge in [-0.1, -0.05) is 6.92 Å². The molecule has 5 heteroatoms. The Kier molecular flexibility index (Phi) is 4.83. The predicted octanol–water partition coefficient (Wildman–Crippen LogP) is 2.82. The predicted molar refractivity (Wildman–Crippen MR) is 77.8 cm³/mol. The average molecular weight is 314 g/mol. The molecule has 2 N–H and O–H groups in total. The van der Waals surface area contributed by atoms with E-state index in [0.29, 0.717) is 11.8 Å². The van der Waals surface area contributed by atoms with E-state index in [-0.39, 0.29) is 0 Å². The van der Waals surface area contributed by atoms with Crippen molar-refractivity contribution in [3.8, 4) is 0 Å². The fourth-order valence-electron chi connectivity index (χ4n) is 2.23. The van der Waals surface area contributed by atoms with Gasteiger partial charge in [-0.25, -0.2) is 4.98 Å². The number of piperidine rings is 1. The average Bonchev–Trinajstić information content (AvgIpc) is 2.36. The minimum Gasteiger partial charge on any atom is -0.397 e. The summed E-state index contributed by atoms with van der Waals surface area (Å²) in [7, 11) is 0. The third kappa shape index (κ3) is 3.36. The molecule has 0 amide bonds. The Labute approximate surface area is 117 Å². The minimum atomic E-state index is 0.324. The maximum Gasteiger partial charge on any atom is 0.143 e. The molecule has 0 spiro atoms. The summed E-state index contributed by atoms with van der Waals surface area (Å²) in [4.78, 5) is 6.69. The maximum atomic E-state index is 5.84. The lowest BCUT2D eigenvalue weighted by molar-refractivity contribution is 0.0439. The quantitative estimate of drug-likeness (QED) is 0.928. The lowest BCUT2D eigenvalue weighted by Crippen LogP contribution is -2.40. The lowest BCUT2D eigenvalue weighted by atomic mass is 10.1. The number of rotatable bonds is 4. The fraction of sp³-hybridized carbons (Fsp3) is 0.615. The molecule has 18 heavy (non-hydrogen) atoms. The first-order chi connectivity index (χ1) is 8.70. The van der Waals surface area contributed by atoms with Crippen LogP contribution in [0.15, 0.2) is 16.7 Å². The summed E-state index contributed by atoms with van der Waals surface area (Å²) in [5.74, 6) is 0.967. The summed E-state index contributed by atoms with van der Waals surface area (Å²) in [5, 5.41) is 0. The standard InChI is InChI=1S/C13H20BrN3O/c1-2-6-18-11-4-3-5-17(9-11)13-12(14)7-10(15)8-16-13/h7-8,11H,2-6,9,15H2,1H3. The minimum absolute atomic E-state index is 0.324. The normalized spacial score (nSPS) is 20.1. The Balaban J connectivity index is 2.03.